The molecule has 0 unspecified atom stereocenters. The standard InChI is InChI=1S/C13H19N3O2S/c1-10(2)16(8-4-7-14)13-15-11(9-19-13)5-6-12(17)18-3/h9-10H,4-6,8H2,1-3H3. The van der Waals surface area contributed by atoms with Gasteiger partial charge in [-0.1, -0.05) is 0 Å². The summed E-state index contributed by atoms with van der Waals surface area (Å²) in [5, 5.41) is 11.5. The number of aromatic nitrogens is 1. The molecule has 0 bridgehead atoms. The molecule has 0 aliphatic heterocycles. The van der Waals surface area contributed by atoms with Gasteiger partial charge in [-0.05, 0) is 13.8 Å². The van der Waals surface area contributed by atoms with Crippen molar-refractivity contribution in [3.63, 3.8) is 0 Å². The molecule has 0 atom stereocenters. The van der Waals surface area contributed by atoms with Crippen LogP contribution in [0.4, 0.5) is 5.13 Å². The molecule has 5 nitrogen and oxygen atoms in total. The molecule has 0 aliphatic rings. The number of anilines is 1. The number of methoxy groups -OCH3 is 1. The number of thiazole rings is 1. The third-order valence-electron chi connectivity index (χ3n) is 2.69. The summed E-state index contributed by atoms with van der Waals surface area (Å²) in [5.41, 5.74) is 0.896. The van der Waals surface area contributed by atoms with Gasteiger partial charge in [0.05, 0.1) is 31.7 Å². The van der Waals surface area contributed by atoms with Gasteiger partial charge in [0, 0.05) is 24.4 Å². The average molecular weight is 281 g/mol. The number of hydrogen-bond acceptors (Lipinski definition) is 6. The van der Waals surface area contributed by atoms with Gasteiger partial charge in [-0.15, -0.1) is 11.3 Å². The van der Waals surface area contributed by atoms with Crippen LogP contribution < -0.4 is 4.90 Å². The van der Waals surface area contributed by atoms with Crippen LogP contribution in [0.5, 0.6) is 0 Å². The molecule has 0 radical (unpaired) electrons. The maximum atomic E-state index is 11.1. The number of carbonyl (C=O) groups is 1. The van der Waals surface area contributed by atoms with E-state index in [-0.39, 0.29) is 5.97 Å². The van der Waals surface area contributed by atoms with E-state index in [4.69, 9.17) is 5.26 Å². The molecule has 19 heavy (non-hydrogen) atoms. The fourth-order valence-corrected chi connectivity index (χ4v) is 2.64. The zero-order valence-corrected chi connectivity index (χ0v) is 12.4. The molecule has 0 N–H and O–H groups in total. The Morgan fingerprint density at radius 3 is 2.95 bits per heavy atom. The van der Waals surface area contributed by atoms with Crippen molar-refractivity contribution in [2.75, 3.05) is 18.6 Å². The molecule has 1 rings (SSSR count). The third kappa shape index (κ3) is 4.87. The molecule has 0 spiro atoms. The second-order valence-corrected chi connectivity index (χ2v) is 5.23. The molecule has 0 saturated heterocycles. The fraction of sp³-hybridized carbons (Fsp3) is 0.615. The molecular formula is C13H19N3O2S. The lowest BCUT2D eigenvalue weighted by Crippen LogP contribution is -2.31. The van der Waals surface area contributed by atoms with Crippen molar-refractivity contribution in [3.05, 3.63) is 11.1 Å². The summed E-state index contributed by atoms with van der Waals surface area (Å²) in [6.45, 7) is 4.83. The van der Waals surface area contributed by atoms with Crippen molar-refractivity contribution < 1.29 is 9.53 Å². The van der Waals surface area contributed by atoms with Gasteiger partial charge in [-0.25, -0.2) is 4.98 Å². The van der Waals surface area contributed by atoms with Crippen molar-refractivity contribution in [2.24, 2.45) is 0 Å². The van der Waals surface area contributed by atoms with E-state index in [1.807, 2.05) is 5.38 Å². The van der Waals surface area contributed by atoms with E-state index in [1.54, 1.807) is 11.3 Å². The summed E-state index contributed by atoms with van der Waals surface area (Å²) in [4.78, 5) is 17.7. The highest BCUT2D eigenvalue weighted by Gasteiger charge is 2.14. The van der Waals surface area contributed by atoms with E-state index in [1.165, 1.54) is 7.11 Å². The van der Waals surface area contributed by atoms with Crippen molar-refractivity contribution in [2.45, 2.75) is 39.2 Å². The number of rotatable bonds is 7. The smallest absolute Gasteiger partial charge is 0.305 e. The molecule has 0 aliphatic carbocycles. The molecular weight excluding hydrogens is 262 g/mol. The van der Waals surface area contributed by atoms with Crippen LogP contribution in [0.15, 0.2) is 5.38 Å². The Bertz CT molecular complexity index is 451. The van der Waals surface area contributed by atoms with E-state index in [0.29, 0.717) is 31.8 Å². The van der Waals surface area contributed by atoms with Gasteiger partial charge in [0.15, 0.2) is 5.13 Å². The van der Waals surface area contributed by atoms with E-state index < -0.39 is 0 Å². The first-order valence-corrected chi connectivity index (χ1v) is 7.11. The quantitative estimate of drug-likeness (QED) is 0.718. The number of aryl methyl sites for hydroxylation is 1. The molecule has 1 aromatic heterocycles. The number of carbonyl (C=O) groups excluding carboxylic acids is 1. The Morgan fingerprint density at radius 1 is 1.63 bits per heavy atom. The van der Waals surface area contributed by atoms with Crippen molar-refractivity contribution >= 4 is 22.4 Å². The zero-order chi connectivity index (χ0) is 14.3. The predicted octanol–water partition coefficient (Wildman–Crippen LogP) is 2.38. The van der Waals surface area contributed by atoms with Crippen LogP contribution in [-0.2, 0) is 16.0 Å². The summed E-state index contributed by atoms with van der Waals surface area (Å²) in [6, 6.07) is 2.45. The molecule has 1 heterocycles. The van der Waals surface area contributed by atoms with E-state index in [2.05, 4.69) is 34.5 Å². The maximum Gasteiger partial charge on any atom is 0.305 e. The van der Waals surface area contributed by atoms with Gasteiger partial charge in [0.1, 0.15) is 0 Å². The highest BCUT2D eigenvalue weighted by Crippen LogP contribution is 2.23. The van der Waals surface area contributed by atoms with Gasteiger partial charge in [-0.2, -0.15) is 5.26 Å². The first-order valence-electron chi connectivity index (χ1n) is 6.23. The Labute approximate surface area is 117 Å². The number of esters is 1. The summed E-state index contributed by atoms with van der Waals surface area (Å²) < 4.78 is 4.61. The summed E-state index contributed by atoms with van der Waals surface area (Å²) >= 11 is 1.55. The largest absolute Gasteiger partial charge is 0.469 e. The summed E-state index contributed by atoms with van der Waals surface area (Å²) in [5.74, 6) is -0.222. The van der Waals surface area contributed by atoms with Crippen LogP contribution in [0.1, 0.15) is 32.4 Å². The zero-order valence-electron chi connectivity index (χ0n) is 11.5. The minimum absolute atomic E-state index is 0.222. The molecule has 0 fully saturated rings. The monoisotopic (exact) mass is 281 g/mol. The van der Waals surface area contributed by atoms with Gasteiger partial charge in [0.25, 0.3) is 0 Å². The topological polar surface area (TPSA) is 66.2 Å². The molecule has 6 heteroatoms. The highest BCUT2D eigenvalue weighted by molar-refractivity contribution is 7.13. The third-order valence-corrected chi connectivity index (χ3v) is 3.61. The number of nitrogens with zero attached hydrogens (tertiary/aromatic N) is 3. The van der Waals surface area contributed by atoms with Crippen molar-refractivity contribution in [3.8, 4) is 6.07 Å². The molecule has 0 amide bonds. The first-order chi connectivity index (χ1) is 9.08. The number of nitriles is 1. The minimum Gasteiger partial charge on any atom is -0.469 e. The normalized spacial score (nSPS) is 10.3. The number of ether oxygens (including phenoxy) is 1. The Hall–Kier alpha value is -1.61. The van der Waals surface area contributed by atoms with Crippen molar-refractivity contribution in [1.82, 2.24) is 4.98 Å². The lowest BCUT2D eigenvalue weighted by Gasteiger charge is -2.24. The van der Waals surface area contributed by atoms with Crippen LogP contribution >= 0.6 is 11.3 Å². The Balaban J connectivity index is 2.65. The summed E-state index contributed by atoms with van der Waals surface area (Å²) in [7, 11) is 1.39. The minimum atomic E-state index is -0.222. The second kappa shape index (κ2) is 7.74. The van der Waals surface area contributed by atoms with Crippen LogP contribution in [0, 0.1) is 11.3 Å². The van der Waals surface area contributed by atoms with Gasteiger partial charge in [0.2, 0.25) is 0 Å². The van der Waals surface area contributed by atoms with Gasteiger partial charge in [-0.3, -0.25) is 4.79 Å². The molecule has 1 aromatic rings. The lowest BCUT2D eigenvalue weighted by molar-refractivity contribution is -0.140. The maximum absolute atomic E-state index is 11.1. The van der Waals surface area contributed by atoms with Crippen LogP contribution in [-0.4, -0.2) is 30.6 Å². The summed E-state index contributed by atoms with van der Waals surface area (Å²) in [6.07, 6.45) is 1.42. The predicted molar refractivity (Wildman–Crippen MR) is 75.2 cm³/mol. The average Bonchev–Trinajstić information content (AvgIpc) is 2.84. The molecule has 104 valence electrons. The Morgan fingerprint density at radius 2 is 2.37 bits per heavy atom. The molecule has 0 saturated carbocycles. The van der Waals surface area contributed by atoms with Crippen LogP contribution in [0.3, 0.4) is 0 Å². The van der Waals surface area contributed by atoms with Crippen molar-refractivity contribution in [1.29, 1.82) is 5.26 Å². The fourth-order valence-electron chi connectivity index (χ4n) is 1.62. The highest BCUT2D eigenvalue weighted by atomic mass is 32.1. The van der Waals surface area contributed by atoms with Gasteiger partial charge >= 0.3 is 5.97 Å². The number of hydrogen-bond donors (Lipinski definition) is 0. The van der Waals surface area contributed by atoms with E-state index in [9.17, 15) is 4.79 Å². The SMILES string of the molecule is COC(=O)CCc1csc(N(CCC#N)C(C)C)n1. The first kappa shape index (κ1) is 15.4. The van der Waals surface area contributed by atoms with E-state index >= 15 is 0 Å². The van der Waals surface area contributed by atoms with E-state index in [0.717, 1.165) is 10.8 Å². The van der Waals surface area contributed by atoms with Gasteiger partial charge < -0.3 is 9.64 Å². The Kier molecular flexibility index (Phi) is 6.30. The van der Waals surface area contributed by atoms with Crippen LogP contribution in [0.2, 0.25) is 0 Å². The second-order valence-electron chi connectivity index (χ2n) is 4.39. The van der Waals surface area contributed by atoms with Crippen LogP contribution in [0.25, 0.3) is 0 Å². The lowest BCUT2D eigenvalue weighted by atomic mass is 10.2. The molecule has 0 aromatic carbocycles.